The molecule has 0 aliphatic heterocycles. The van der Waals surface area contributed by atoms with Gasteiger partial charge in [-0.3, -0.25) is 0 Å². The van der Waals surface area contributed by atoms with Crippen molar-refractivity contribution in [1.29, 1.82) is 0 Å². The van der Waals surface area contributed by atoms with Crippen molar-refractivity contribution >= 4 is 23.2 Å². The van der Waals surface area contributed by atoms with Crippen LogP contribution in [0, 0.1) is 0 Å². The van der Waals surface area contributed by atoms with Crippen molar-refractivity contribution in [3.63, 3.8) is 0 Å². The van der Waals surface area contributed by atoms with Crippen molar-refractivity contribution in [1.82, 2.24) is 0 Å². The third kappa shape index (κ3) is 4.92. The molecule has 0 fully saturated rings. The van der Waals surface area contributed by atoms with E-state index in [4.69, 9.17) is 4.74 Å². The molecule has 0 N–H and O–H groups in total. The van der Waals surface area contributed by atoms with E-state index in [1.165, 1.54) is 15.9 Å². The van der Waals surface area contributed by atoms with E-state index in [0.29, 0.717) is 6.61 Å². The molecule has 0 radical (unpaired) electrons. The maximum absolute atomic E-state index is 6.00. The number of halogens is 1. The van der Waals surface area contributed by atoms with Crippen LogP contribution in [0.25, 0.3) is 0 Å². The highest BCUT2D eigenvalue weighted by Crippen LogP contribution is 2.57. The van der Waals surface area contributed by atoms with E-state index in [-0.39, 0.29) is 24.0 Å². The second kappa shape index (κ2) is 11.2. The molecule has 3 rings (SSSR count). The van der Waals surface area contributed by atoms with Crippen LogP contribution in [0.3, 0.4) is 0 Å². The smallest absolute Gasteiger partial charge is 0.154 e. The van der Waals surface area contributed by atoms with E-state index >= 15 is 0 Å². The summed E-state index contributed by atoms with van der Waals surface area (Å²) in [6.07, 6.45) is 4.10. The van der Waals surface area contributed by atoms with Crippen LogP contribution in [0.15, 0.2) is 115 Å². The molecule has 0 amide bonds. The third-order valence-corrected chi connectivity index (χ3v) is 8.43. The van der Waals surface area contributed by atoms with Crippen LogP contribution in [-0.4, -0.2) is 6.61 Å². The van der Waals surface area contributed by atoms with E-state index in [1.54, 1.807) is 0 Å². The van der Waals surface area contributed by atoms with Crippen molar-refractivity contribution in [3.8, 4) is 0 Å². The lowest BCUT2D eigenvalue weighted by Crippen LogP contribution is -3.00. The number of benzene rings is 3. The van der Waals surface area contributed by atoms with Gasteiger partial charge in [0.25, 0.3) is 0 Å². The molecule has 3 aromatic rings. The van der Waals surface area contributed by atoms with Crippen LogP contribution in [0.1, 0.15) is 13.8 Å². The molecule has 0 atom stereocenters. The molecule has 0 aliphatic rings. The fourth-order valence-electron chi connectivity index (χ4n) is 3.31. The van der Waals surface area contributed by atoms with Crippen LogP contribution < -0.4 is 39.9 Å². The lowest BCUT2D eigenvalue weighted by atomic mass is 10.4. The van der Waals surface area contributed by atoms with Gasteiger partial charge in [0.2, 0.25) is 0 Å². The Labute approximate surface area is 186 Å². The van der Waals surface area contributed by atoms with Gasteiger partial charge in [0.1, 0.15) is 29.0 Å². The summed E-state index contributed by atoms with van der Waals surface area (Å²) < 4.78 is 6.00. The number of allylic oxidation sites excluding steroid dienone is 2. The Morgan fingerprint density at radius 2 is 1.14 bits per heavy atom. The first-order valence-corrected chi connectivity index (χ1v) is 11.2. The van der Waals surface area contributed by atoms with Gasteiger partial charge in [-0.2, -0.15) is 0 Å². The van der Waals surface area contributed by atoms with E-state index in [2.05, 4.69) is 103 Å². The SMILES string of the molecule is CC=CC(=C[P+](c1ccccc1)(c1ccccc1)c1ccccc1)OCC.[I-]. The summed E-state index contributed by atoms with van der Waals surface area (Å²) in [5.74, 6) is 3.28. The number of ether oxygens (including phenoxy) is 1. The molecule has 0 saturated heterocycles. The van der Waals surface area contributed by atoms with Crippen molar-refractivity contribution < 1.29 is 28.7 Å². The van der Waals surface area contributed by atoms with E-state index in [9.17, 15) is 0 Å². The van der Waals surface area contributed by atoms with E-state index in [0.717, 1.165) is 5.76 Å². The Morgan fingerprint density at radius 3 is 1.46 bits per heavy atom. The molecule has 0 bridgehead atoms. The molecule has 1 nitrogen and oxygen atoms in total. The third-order valence-electron chi connectivity index (χ3n) is 4.45. The zero-order chi connectivity index (χ0) is 19.0. The number of hydrogen-bond acceptors (Lipinski definition) is 1. The van der Waals surface area contributed by atoms with E-state index in [1.807, 2.05) is 19.9 Å². The summed E-state index contributed by atoms with van der Waals surface area (Å²) in [5, 5.41) is 3.97. The lowest BCUT2D eigenvalue weighted by Gasteiger charge is -2.24. The summed E-state index contributed by atoms with van der Waals surface area (Å²) in [6, 6.07) is 32.4. The maximum atomic E-state index is 6.00. The van der Waals surface area contributed by atoms with E-state index < -0.39 is 7.26 Å². The van der Waals surface area contributed by atoms with Crippen molar-refractivity contribution in [3.05, 3.63) is 115 Å². The minimum absolute atomic E-state index is 0. The highest BCUT2D eigenvalue weighted by Gasteiger charge is 2.44. The summed E-state index contributed by atoms with van der Waals surface area (Å²) in [4.78, 5) is 0. The lowest BCUT2D eigenvalue weighted by molar-refractivity contribution is -0.00000615. The summed E-state index contributed by atoms with van der Waals surface area (Å²) >= 11 is 0. The first-order valence-electron chi connectivity index (χ1n) is 9.35. The van der Waals surface area contributed by atoms with Gasteiger partial charge in [0.05, 0.1) is 6.61 Å². The second-order valence-corrected chi connectivity index (χ2v) is 9.45. The quantitative estimate of drug-likeness (QED) is 0.210. The zero-order valence-corrected chi connectivity index (χ0v) is 19.4. The molecule has 0 heterocycles. The molecule has 0 aromatic heterocycles. The zero-order valence-electron chi connectivity index (χ0n) is 16.3. The predicted octanol–water partition coefficient (Wildman–Crippen LogP) is 2.44. The van der Waals surface area contributed by atoms with Gasteiger partial charge >= 0.3 is 0 Å². The average molecular weight is 500 g/mol. The molecular weight excluding hydrogens is 474 g/mol. The Balaban J connectivity index is 0.00000280. The van der Waals surface area contributed by atoms with Crippen molar-refractivity contribution in [2.45, 2.75) is 13.8 Å². The van der Waals surface area contributed by atoms with Crippen LogP contribution >= 0.6 is 7.26 Å². The molecule has 3 heteroatoms. The second-order valence-electron chi connectivity index (χ2n) is 6.19. The number of hydrogen-bond donors (Lipinski definition) is 0. The Kier molecular flexibility index (Phi) is 8.95. The highest BCUT2D eigenvalue weighted by atomic mass is 127. The van der Waals surface area contributed by atoms with Crippen molar-refractivity contribution in [2.24, 2.45) is 0 Å². The van der Waals surface area contributed by atoms with Gasteiger partial charge in [-0.05, 0) is 56.3 Å². The maximum Gasteiger partial charge on any atom is 0.154 e. The molecule has 144 valence electrons. The molecule has 0 saturated carbocycles. The fraction of sp³-hybridized carbons (Fsp3) is 0.120. The van der Waals surface area contributed by atoms with Gasteiger partial charge in [0, 0.05) is 0 Å². The molecule has 0 spiro atoms. The number of rotatable bonds is 7. The average Bonchev–Trinajstić information content (AvgIpc) is 2.74. The van der Waals surface area contributed by atoms with Crippen LogP contribution in [-0.2, 0) is 4.74 Å². The Morgan fingerprint density at radius 1 is 0.750 bits per heavy atom. The normalized spacial score (nSPS) is 11.9. The summed E-state index contributed by atoms with van der Waals surface area (Å²) in [7, 11) is -2.01. The first kappa shape index (κ1) is 22.4. The van der Waals surface area contributed by atoms with Crippen LogP contribution in [0.4, 0.5) is 0 Å². The van der Waals surface area contributed by atoms with Crippen LogP contribution in [0.5, 0.6) is 0 Å². The fourth-order valence-corrected chi connectivity index (χ4v) is 7.12. The Hall–Kier alpha value is -1.90. The summed E-state index contributed by atoms with van der Waals surface area (Å²) in [6.45, 7) is 4.71. The molecule has 0 aliphatic carbocycles. The molecule has 3 aromatic carbocycles. The Bertz CT molecular complexity index is 793. The monoisotopic (exact) mass is 500 g/mol. The molecule has 0 unspecified atom stereocenters. The largest absolute Gasteiger partial charge is 1.00 e. The van der Waals surface area contributed by atoms with Gasteiger partial charge in [-0.25, -0.2) is 0 Å². The minimum atomic E-state index is -2.01. The summed E-state index contributed by atoms with van der Waals surface area (Å²) in [5.41, 5.74) is 0. The highest BCUT2D eigenvalue weighted by molar-refractivity contribution is 7.98. The van der Waals surface area contributed by atoms with Gasteiger partial charge in [0.15, 0.2) is 5.76 Å². The van der Waals surface area contributed by atoms with Crippen molar-refractivity contribution in [2.75, 3.05) is 6.61 Å². The van der Waals surface area contributed by atoms with Gasteiger partial charge in [-0.1, -0.05) is 60.7 Å². The van der Waals surface area contributed by atoms with Gasteiger partial charge < -0.3 is 28.7 Å². The van der Waals surface area contributed by atoms with Crippen LogP contribution in [0.2, 0.25) is 0 Å². The predicted molar refractivity (Wildman–Crippen MR) is 120 cm³/mol. The first-order chi connectivity index (χ1) is 13.3. The topological polar surface area (TPSA) is 9.23 Å². The molecule has 28 heavy (non-hydrogen) atoms. The van der Waals surface area contributed by atoms with Gasteiger partial charge in [-0.15, -0.1) is 0 Å². The standard InChI is InChI=1S/C25H26OP.HI/c1-3-14-22(26-4-2)21-27(23-15-8-5-9-16-23,24-17-10-6-11-18-24)25-19-12-7-13-20-25;/h3,5-21H,4H2,1-2H3;1H/q+1;/p-1. The molecular formula is C25H26IOP. The minimum Gasteiger partial charge on any atom is -1.00 e.